The Hall–Kier alpha value is -2.13. The SMILES string of the molecule is Cc1nc2ccccc2nc1Nc1ccccc1CCl. The molecule has 0 saturated carbocycles. The van der Waals surface area contributed by atoms with E-state index in [4.69, 9.17) is 11.6 Å². The lowest BCUT2D eigenvalue weighted by molar-refractivity contribution is 1.18. The second kappa shape index (κ2) is 5.47. The highest BCUT2D eigenvalue weighted by Crippen LogP contribution is 2.24. The third-order valence-corrected chi connectivity index (χ3v) is 3.45. The maximum atomic E-state index is 5.96. The zero-order valence-electron chi connectivity index (χ0n) is 11.1. The minimum atomic E-state index is 0.462. The van der Waals surface area contributed by atoms with Crippen molar-refractivity contribution in [3.63, 3.8) is 0 Å². The summed E-state index contributed by atoms with van der Waals surface area (Å²) in [5, 5.41) is 3.33. The Labute approximate surface area is 122 Å². The molecule has 0 fully saturated rings. The molecule has 100 valence electrons. The number of hydrogen-bond donors (Lipinski definition) is 1. The van der Waals surface area contributed by atoms with E-state index in [0.717, 1.165) is 33.8 Å². The Kier molecular flexibility index (Phi) is 3.52. The third-order valence-electron chi connectivity index (χ3n) is 3.16. The molecule has 0 bridgehead atoms. The second-order valence-corrected chi connectivity index (χ2v) is 4.83. The van der Waals surface area contributed by atoms with Crippen LogP contribution in [0.5, 0.6) is 0 Å². The van der Waals surface area contributed by atoms with Crippen molar-refractivity contribution in [2.75, 3.05) is 5.32 Å². The third kappa shape index (κ3) is 2.45. The predicted octanol–water partition coefficient (Wildman–Crippen LogP) is 4.42. The monoisotopic (exact) mass is 283 g/mol. The fourth-order valence-corrected chi connectivity index (χ4v) is 2.33. The molecule has 3 nitrogen and oxygen atoms in total. The average Bonchev–Trinajstić information content (AvgIpc) is 2.48. The number of aryl methyl sites for hydroxylation is 1. The highest BCUT2D eigenvalue weighted by Gasteiger charge is 2.07. The van der Waals surface area contributed by atoms with Gasteiger partial charge in [0.25, 0.3) is 0 Å². The van der Waals surface area contributed by atoms with E-state index in [1.165, 1.54) is 0 Å². The van der Waals surface area contributed by atoms with Crippen molar-refractivity contribution in [1.29, 1.82) is 0 Å². The quantitative estimate of drug-likeness (QED) is 0.723. The summed E-state index contributed by atoms with van der Waals surface area (Å²) in [6, 6.07) is 15.8. The number of para-hydroxylation sites is 3. The van der Waals surface area contributed by atoms with E-state index in [1.807, 2.05) is 55.5 Å². The molecular weight excluding hydrogens is 270 g/mol. The van der Waals surface area contributed by atoms with Gasteiger partial charge in [-0.25, -0.2) is 9.97 Å². The number of anilines is 2. The molecule has 0 amide bonds. The van der Waals surface area contributed by atoms with Gasteiger partial charge in [-0.05, 0) is 30.7 Å². The van der Waals surface area contributed by atoms with Crippen LogP contribution in [-0.2, 0) is 5.88 Å². The van der Waals surface area contributed by atoms with E-state index < -0.39 is 0 Å². The molecule has 1 heterocycles. The highest BCUT2D eigenvalue weighted by atomic mass is 35.5. The normalized spacial score (nSPS) is 10.7. The molecule has 0 spiro atoms. The van der Waals surface area contributed by atoms with Gasteiger partial charge in [-0.3, -0.25) is 0 Å². The van der Waals surface area contributed by atoms with Gasteiger partial charge < -0.3 is 5.32 Å². The van der Waals surface area contributed by atoms with E-state index in [-0.39, 0.29) is 0 Å². The standard InChI is InChI=1S/C16H14ClN3/c1-11-16(19-13-7-3-2-6-12(13)10-17)20-15-9-5-4-8-14(15)18-11/h2-9H,10H2,1H3,(H,19,20). The van der Waals surface area contributed by atoms with Gasteiger partial charge in [0.05, 0.1) is 16.7 Å². The van der Waals surface area contributed by atoms with Crippen molar-refractivity contribution >= 4 is 34.1 Å². The van der Waals surface area contributed by atoms with Crippen molar-refractivity contribution in [2.24, 2.45) is 0 Å². The molecule has 0 unspecified atom stereocenters. The summed E-state index contributed by atoms with van der Waals surface area (Å²) in [4.78, 5) is 9.20. The predicted molar refractivity (Wildman–Crippen MR) is 83.6 cm³/mol. The van der Waals surface area contributed by atoms with Gasteiger partial charge in [0.15, 0.2) is 5.82 Å². The lowest BCUT2D eigenvalue weighted by atomic mass is 10.2. The van der Waals surface area contributed by atoms with E-state index >= 15 is 0 Å². The van der Waals surface area contributed by atoms with Gasteiger partial charge >= 0.3 is 0 Å². The summed E-state index contributed by atoms with van der Waals surface area (Å²) in [5.74, 6) is 1.23. The minimum absolute atomic E-state index is 0.462. The first kappa shape index (κ1) is 12.9. The summed E-state index contributed by atoms with van der Waals surface area (Å²) >= 11 is 5.96. The van der Waals surface area contributed by atoms with Crippen LogP contribution in [0.15, 0.2) is 48.5 Å². The molecule has 1 aromatic heterocycles. The summed E-state index contributed by atoms with van der Waals surface area (Å²) in [6.45, 7) is 1.95. The molecule has 0 saturated heterocycles. The molecule has 0 aliphatic heterocycles. The summed E-state index contributed by atoms with van der Waals surface area (Å²) in [5.41, 5.74) is 4.66. The Balaban J connectivity index is 2.04. The maximum absolute atomic E-state index is 5.96. The Morgan fingerprint density at radius 2 is 1.60 bits per heavy atom. The Bertz CT molecular complexity index is 756. The number of halogens is 1. The molecule has 3 rings (SSSR count). The van der Waals surface area contributed by atoms with E-state index in [0.29, 0.717) is 5.88 Å². The van der Waals surface area contributed by atoms with Crippen LogP contribution in [0, 0.1) is 6.92 Å². The summed E-state index contributed by atoms with van der Waals surface area (Å²) in [7, 11) is 0. The molecule has 2 aromatic carbocycles. The highest BCUT2D eigenvalue weighted by molar-refractivity contribution is 6.17. The van der Waals surface area contributed by atoms with Crippen LogP contribution in [0.3, 0.4) is 0 Å². The number of rotatable bonds is 3. The number of alkyl halides is 1. The van der Waals surface area contributed by atoms with Crippen LogP contribution in [0.1, 0.15) is 11.3 Å². The van der Waals surface area contributed by atoms with Gasteiger partial charge in [-0.1, -0.05) is 30.3 Å². The topological polar surface area (TPSA) is 37.8 Å². The summed E-state index contributed by atoms with van der Waals surface area (Å²) in [6.07, 6.45) is 0. The molecular formula is C16H14ClN3. The zero-order chi connectivity index (χ0) is 13.9. The van der Waals surface area contributed by atoms with Crippen molar-refractivity contribution in [3.8, 4) is 0 Å². The average molecular weight is 284 g/mol. The van der Waals surface area contributed by atoms with Gasteiger partial charge in [0.1, 0.15) is 0 Å². The molecule has 3 aromatic rings. The van der Waals surface area contributed by atoms with Crippen molar-refractivity contribution < 1.29 is 0 Å². The van der Waals surface area contributed by atoms with Gasteiger partial charge in [0, 0.05) is 11.6 Å². The molecule has 20 heavy (non-hydrogen) atoms. The van der Waals surface area contributed by atoms with Crippen LogP contribution in [0.25, 0.3) is 11.0 Å². The second-order valence-electron chi connectivity index (χ2n) is 4.56. The smallest absolute Gasteiger partial charge is 0.152 e. The van der Waals surface area contributed by atoms with Crippen molar-refractivity contribution in [3.05, 3.63) is 59.8 Å². The van der Waals surface area contributed by atoms with Crippen molar-refractivity contribution in [1.82, 2.24) is 9.97 Å². The van der Waals surface area contributed by atoms with Crippen LogP contribution in [0.4, 0.5) is 11.5 Å². The number of nitrogens with zero attached hydrogens (tertiary/aromatic N) is 2. The van der Waals surface area contributed by atoms with Crippen LogP contribution in [-0.4, -0.2) is 9.97 Å². The van der Waals surface area contributed by atoms with Crippen LogP contribution >= 0.6 is 11.6 Å². The first-order chi connectivity index (χ1) is 9.78. The van der Waals surface area contributed by atoms with Gasteiger partial charge in [-0.15, -0.1) is 11.6 Å². The Morgan fingerprint density at radius 1 is 0.950 bits per heavy atom. The zero-order valence-corrected chi connectivity index (χ0v) is 11.9. The number of benzene rings is 2. The lowest BCUT2D eigenvalue weighted by Crippen LogP contribution is -2.01. The number of fused-ring (bicyclic) bond motifs is 1. The van der Waals surface area contributed by atoms with E-state index in [9.17, 15) is 0 Å². The molecule has 0 aliphatic carbocycles. The number of hydrogen-bond acceptors (Lipinski definition) is 3. The molecule has 4 heteroatoms. The Morgan fingerprint density at radius 3 is 2.35 bits per heavy atom. The fourth-order valence-electron chi connectivity index (χ4n) is 2.09. The number of aromatic nitrogens is 2. The van der Waals surface area contributed by atoms with Gasteiger partial charge in [0.2, 0.25) is 0 Å². The fraction of sp³-hybridized carbons (Fsp3) is 0.125. The van der Waals surface area contributed by atoms with Crippen LogP contribution in [0.2, 0.25) is 0 Å². The lowest BCUT2D eigenvalue weighted by Gasteiger charge is -2.12. The summed E-state index contributed by atoms with van der Waals surface area (Å²) < 4.78 is 0. The molecule has 0 radical (unpaired) electrons. The number of nitrogens with one attached hydrogen (secondary N) is 1. The molecule has 0 aliphatic rings. The maximum Gasteiger partial charge on any atom is 0.152 e. The molecule has 1 N–H and O–H groups in total. The van der Waals surface area contributed by atoms with Crippen molar-refractivity contribution in [2.45, 2.75) is 12.8 Å². The van der Waals surface area contributed by atoms with E-state index in [2.05, 4.69) is 15.3 Å². The largest absolute Gasteiger partial charge is 0.338 e. The first-order valence-corrected chi connectivity index (χ1v) is 6.95. The van der Waals surface area contributed by atoms with Crippen LogP contribution < -0.4 is 5.32 Å². The van der Waals surface area contributed by atoms with E-state index in [1.54, 1.807) is 0 Å². The first-order valence-electron chi connectivity index (χ1n) is 6.42. The minimum Gasteiger partial charge on any atom is -0.338 e. The van der Waals surface area contributed by atoms with Gasteiger partial charge in [-0.2, -0.15) is 0 Å². The molecule has 0 atom stereocenters.